The van der Waals surface area contributed by atoms with Crippen molar-refractivity contribution >= 4 is 17.8 Å². The molecule has 3 rings (SSSR count). The summed E-state index contributed by atoms with van der Waals surface area (Å²) in [7, 11) is 0. The van der Waals surface area contributed by atoms with Gasteiger partial charge in [0.1, 0.15) is 12.6 Å². The van der Waals surface area contributed by atoms with Crippen LogP contribution in [0, 0.1) is 0 Å². The Morgan fingerprint density at radius 3 is 2.31 bits per heavy atom. The maximum atomic E-state index is 11.9. The van der Waals surface area contributed by atoms with E-state index in [1.807, 2.05) is 42.5 Å². The van der Waals surface area contributed by atoms with Gasteiger partial charge in [0.05, 0.1) is 26.3 Å². The summed E-state index contributed by atoms with van der Waals surface area (Å²) < 4.78 is 17.7. The van der Waals surface area contributed by atoms with Crippen LogP contribution in [0.4, 0.5) is 4.79 Å². The zero-order valence-corrected chi connectivity index (χ0v) is 19.3. The molecule has 1 fully saturated rings. The second-order valence-electron chi connectivity index (χ2n) is 8.30. The highest BCUT2D eigenvalue weighted by molar-refractivity contribution is 6.30. The van der Waals surface area contributed by atoms with Gasteiger partial charge in [-0.25, -0.2) is 4.79 Å². The minimum Gasteiger partial charge on any atom is -0.434 e. The molecule has 0 radical (unpaired) electrons. The number of rotatable bonds is 11. The molecule has 1 aliphatic heterocycles. The van der Waals surface area contributed by atoms with E-state index in [9.17, 15) is 4.79 Å². The molecule has 0 aromatic heterocycles. The van der Waals surface area contributed by atoms with Gasteiger partial charge in [-0.15, -0.1) is 0 Å². The molecule has 174 valence electrons. The van der Waals surface area contributed by atoms with Crippen LogP contribution >= 0.6 is 11.6 Å². The summed E-state index contributed by atoms with van der Waals surface area (Å²) in [4.78, 5) is 11.9. The fourth-order valence-electron chi connectivity index (χ4n) is 4.08. The van der Waals surface area contributed by atoms with Gasteiger partial charge in [0.25, 0.3) is 0 Å². The second-order valence-corrected chi connectivity index (χ2v) is 8.74. The molecule has 2 aromatic carbocycles. The van der Waals surface area contributed by atoms with Crippen molar-refractivity contribution < 1.29 is 23.5 Å². The summed E-state index contributed by atoms with van der Waals surface area (Å²) in [6.07, 6.45) is 3.27. The van der Waals surface area contributed by atoms with Crippen molar-refractivity contribution in [1.82, 2.24) is 0 Å². The van der Waals surface area contributed by atoms with Crippen LogP contribution in [0.1, 0.15) is 42.9 Å². The highest BCUT2D eigenvalue weighted by Crippen LogP contribution is 2.28. The second kappa shape index (κ2) is 12.8. The summed E-state index contributed by atoms with van der Waals surface area (Å²) in [5.74, 6) is 0. The van der Waals surface area contributed by atoms with E-state index >= 15 is 0 Å². The third-order valence-corrected chi connectivity index (χ3v) is 6.17. The molecule has 32 heavy (non-hydrogen) atoms. The van der Waals surface area contributed by atoms with Crippen molar-refractivity contribution in [2.24, 2.45) is 5.73 Å². The standard InChI is InChI=1S/C25H34ClN2O4/c26-23-12-10-22(11-13-23)24(21-8-3-1-4-9-21)30-19-17-28(15-5-2-6-16-28)20-32-25(29)31-18-7-14-27/h1,3-4,8-13,24H,2,5-7,14-20,27H2/q+1. The van der Waals surface area contributed by atoms with Gasteiger partial charge in [0.2, 0.25) is 6.73 Å². The number of piperidine rings is 1. The van der Waals surface area contributed by atoms with E-state index < -0.39 is 6.16 Å². The first-order valence-corrected chi connectivity index (χ1v) is 11.8. The lowest BCUT2D eigenvalue weighted by molar-refractivity contribution is -0.948. The molecule has 1 atom stereocenters. The van der Waals surface area contributed by atoms with Gasteiger partial charge < -0.3 is 19.9 Å². The molecule has 0 amide bonds. The SMILES string of the molecule is NCCCOC(=O)OC[N+]1(CCOC(c2ccccc2)c2ccc(Cl)cc2)CCCCC1. The van der Waals surface area contributed by atoms with Gasteiger partial charge in [-0.3, -0.25) is 4.48 Å². The number of hydrogen-bond acceptors (Lipinski definition) is 5. The zero-order chi connectivity index (χ0) is 22.7. The summed E-state index contributed by atoms with van der Waals surface area (Å²) in [5, 5.41) is 0.703. The maximum Gasteiger partial charge on any atom is 0.512 e. The number of likely N-dealkylation sites (tertiary alicyclic amines) is 1. The van der Waals surface area contributed by atoms with E-state index in [0.717, 1.165) is 43.6 Å². The number of nitrogens with two attached hydrogens (primary N) is 1. The predicted octanol–water partition coefficient (Wildman–Crippen LogP) is 4.91. The number of ether oxygens (including phenoxy) is 3. The lowest BCUT2D eigenvalue weighted by Gasteiger charge is -2.40. The van der Waals surface area contributed by atoms with Gasteiger partial charge >= 0.3 is 6.16 Å². The summed E-state index contributed by atoms with van der Waals surface area (Å²) in [6, 6.07) is 18.0. The van der Waals surface area contributed by atoms with Gasteiger partial charge in [0, 0.05) is 5.02 Å². The molecule has 7 heteroatoms. The number of quaternary nitrogens is 1. The molecule has 2 N–H and O–H groups in total. The van der Waals surface area contributed by atoms with Crippen molar-refractivity contribution in [1.29, 1.82) is 0 Å². The number of carbonyl (C=O) groups excluding carboxylic acids is 1. The highest BCUT2D eigenvalue weighted by atomic mass is 35.5. The smallest absolute Gasteiger partial charge is 0.434 e. The third-order valence-electron chi connectivity index (χ3n) is 5.91. The molecule has 0 aliphatic carbocycles. The third kappa shape index (κ3) is 7.48. The Bertz CT molecular complexity index is 810. The number of carbonyl (C=O) groups is 1. The van der Waals surface area contributed by atoms with Crippen molar-refractivity contribution in [3.05, 3.63) is 70.7 Å². The minimum atomic E-state index is -0.620. The van der Waals surface area contributed by atoms with Crippen LogP contribution in [-0.4, -0.2) is 56.8 Å². The first kappa shape index (κ1) is 24.5. The fourth-order valence-corrected chi connectivity index (χ4v) is 4.21. The van der Waals surface area contributed by atoms with Gasteiger partial charge in [-0.1, -0.05) is 54.1 Å². The first-order valence-electron chi connectivity index (χ1n) is 11.4. The van der Waals surface area contributed by atoms with Crippen LogP contribution < -0.4 is 5.73 Å². The normalized spacial score (nSPS) is 16.3. The maximum absolute atomic E-state index is 11.9. The monoisotopic (exact) mass is 461 g/mol. The Hall–Kier alpha value is -2.12. The van der Waals surface area contributed by atoms with Gasteiger partial charge in [0.15, 0.2) is 0 Å². The van der Waals surface area contributed by atoms with Crippen molar-refractivity contribution in [3.8, 4) is 0 Å². The molecule has 1 unspecified atom stereocenters. The number of hydrogen-bond donors (Lipinski definition) is 1. The average Bonchev–Trinajstić information content (AvgIpc) is 2.83. The van der Waals surface area contributed by atoms with Crippen LogP contribution in [0.2, 0.25) is 5.02 Å². The highest BCUT2D eigenvalue weighted by Gasteiger charge is 2.32. The van der Waals surface area contributed by atoms with E-state index in [4.69, 9.17) is 31.5 Å². The summed E-state index contributed by atoms with van der Waals surface area (Å²) >= 11 is 6.09. The van der Waals surface area contributed by atoms with Crippen molar-refractivity contribution in [2.45, 2.75) is 31.8 Å². The molecule has 0 saturated carbocycles. The Labute approximate surface area is 195 Å². The average molecular weight is 462 g/mol. The Morgan fingerprint density at radius 1 is 0.938 bits per heavy atom. The van der Waals surface area contributed by atoms with Crippen LogP contribution in [-0.2, 0) is 14.2 Å². The first-order chi connectivity index (χ1) is 15.6. The molecule has 1 heterocycles. The number of benzene rings is 2. The van der Waals surface area contributed by atoms with E-state index in [0.29, 0.717) is 35.8 Å². The molecule has 1 aliphatic rings. The molecular weight excluding hydrogens is 428 g/mol. The van der Waals surface area contributed by atoms with Crippen LogP contribution in [0.3, 0.4) is 0 Å². The quantitative estimate of drug-likeness (QED) is 0.292. The Balaban J connectivity index is 1.62. The Morgan fingerprint density at radius 2 is 1.62 bits per heavy atom. The molecule has 2 aromatic rings. The van der Waals surface area contributed by atoms with E-state index in [1.54, 1.807) is 0 Å². The number of nitrogens with zero attached hydrogens (tertiary/aromatic N) is 1. The van der Waals surface area contributed by atoms with E-state index in [2.05, 4.69) is 12.1 Å². The molecule has 1 saturated heterocycles. The molecule has 6 nitrogen and oxygen atoms in total. The van der Waals surface area contributed by atoms with Crippen LogP contribution in [0.5, 0.6) is 0 Å². The lowest BCUT2D eigenvalue weighted by atomic mass is 10.0. The lowest BCUT2D eigenvalue weighted by Crippen LogP contribution is -2.54. The molecule has 0 bridgehead atoms. The van der Waals surface area contributed by atoms with Gasteiger partial charge in [-0.05, 0) is 55.5 Å². The van der Waals surface area contributed by atoms with Crippen LogP contribution in [0.25, 0.3) is 0 Å². The zero-order valence-electron chi connectivity index (χ0n) is 18.6. The topological polar surface area (TPSA) is 70.8 Å². The number of halogens is 1. The largest absolute Gasteiger partial charge is 0.512 e. The molecular formula is C25H34ClN2O4+. The van der Waals surface area contributed by atoms with Crippen molar-refractivity contribution in [2.75, 3.05) is 46.1 Å². The predicted molar refractivity (Wildman–Crippen MR) is 125 cm³/mol. The van der Waals surface area contributed by atoms with Crippen LogP contribution in [0.15, 0.2) is 54.6 Å². The Kier molecular flexibility index (Phi) is 9.81. The van der Waals surface area contributed by atoms with E-state index in [-0.39, 0.29) is 12.7 Å². The minimum absolute atomic E-state index is 0.180. The molecule has 0 spiro atoms. The van der Waals surface area contributed by atoms with Crippen molar-refractivity contribution in [3.63, 3.8) is 0 Å². The van der Waals surface area contributed by atoms with E-state index in [1.165, 1.54) is 6.42 Å². The summed E-state index contributed by atoms with van der Waals surface area (Å²) in [6.45, 7) is 4.34. The fraction of sp³-hybridized carbons (Fsp3) is 0.480. The summed E-state index contributed by atoms with van der Waals surface area (Å²) in [5.41, 5.74) is 7.60. The van der Waals surface area contributed by atoms with Gasteiger partial charge in [-0.2, -0.15) is 0 Å².